The highest BCUT2D eigenvalue weighted by atomic mass is 16.5. The lowest BCUT2D eigenvalue weighted by Gasteiger charge is -2.35. The van der Waals surface area contributed by atoms with E-state index in [-0.39, 0.29) is 6.03 Å². The minimum Gasteiger partial charge on any atom is -0.466 e. The number of rotatable bonds is 4. The average molecular weight is 371 g/mol. The van der Waals surface area contributed by atoms with Crippen molar-refractivity contribution in [2.45, 2.75) is 39.7 Å². The van der Waals surface area contributed by atoms with E-state index in [0.717, 1.165) is 48.5 Å². The number of carbonyl (C=O) groups is 2. The Balaban J connectivity index is 1.98. The van der Waals surface area contributed by atoms with E-state index < -0.39 is 12.0 Å². The van der Waals surface area contributed by atoms with E-state index in [1.54, 1.807) is 0 Å². The van der Waals surface area contributed by atoms with Gasteiger partial charge in [-0.3, -0.25) is 4.90 Å². The number of urea groups is 1. The largest absolute Gasteiger partial charge is 0.466 e. The van der Waals surface area contributed by atoms with Crippen LogP contribution in [0.1, 0.15) is 42.5 Å². The first-order chi connectivity index (χ1) is 12.9. The van der Waals surface area contributed by atoms with Crippen LogP contribution < -0.4 is 10.6 Å². The molecule has 0 spiro atoms. The monoisotopic (exact) mass is 371 g/mol. The van der Waals surface area contributed by atoms with Crippen molar-refractivity contribution >= 4 is 12.0 Å². The van der Waals surface area contributed by atoms with E-state index >= 15 is 0 Å². The maximum Gasteiger partial charge on any atom is 0.338 e. The number of carbonyl (C=O) groups excluding carboxylic acids is 2. The first-order valence-corrected chi connectivity index (χ1v) is 9.57. The first-order valence-electron chi connectivity index (χ1n) is 9.57. The highest BCUT2D eigenvalue weighted by molar-refractivity contribution is 5.95. The third-order valence-corrected chi connectivity index (χ3v) is 5.55. The second-order valence-electron chi connectivity index (χ2n) is 7.73. The van der Waals surface area contributed by atoms with Gasteiger partial charge in [0.15, 0.2) is 0 Å². The Labute approximate surface area is 161 Å². The van der Waals surface area contributed by atoms with E-state index in [1.165, 1.54) is 7.11 Å². The van der Waals surface area contributed by atoms with Gasteiger partial charge in [0, 0.05) is 12.2 Å². The maximum atomic E-state index is 12.6. The molecule has 0 unspecified atom stereocenters. The fourth-order valence-electron chi connectivity index (χ4n) is 3.92. The number of benzene rings is 1. The van der Waals surface area contributed by atoms with Gasteiger partial charge in [0.1, 0.15) is 0 Å². The summed E-state index contributed by atoms with van der Waals surface area (Å²) in [6.07, 6.45) is 2.26. The predicted octanol–water partition coefficient (Wildman–Crippen LogP) is 2.82. The molecule has 0 bridgehead atoms. The molecule has 0 aromatic heterocycles. The molecule has 0 aliphatic carbocycles. The van der Waals surface area contributed by atoms with Crippen molar-refractivity contribution < 1.29 is 14.3 Å². The predicted molar refractivity (Wildman–Crippen MR) is 104 cm³/mol. The van der Waals surface area contributed by atoms with Crippen LogP contribution >= 0.6 is 0 Å². The number of amides is 2. The van der Waals surface area contributed by atoms with Crippen LogP contribution in [-0.4, -0.2) is 43.6 Å². The number of methoxy groups -OCH3 is 1. The van der Waals surface area contributed by atoms with Crippen LogP contribution in [0.25, 0.3) is 0 Å². The van der Waals surface area contributed by atoms with Crippen LogP contribution in [0.2, 0.25) is 0 Å². The smallest absolute Gasteiger partial charge is 0.338 e. The van der Waals surface area contributed by atoms with E-state index in [2.05, 4.69) is 28.5 Å². The van der Waals surface area contributed by atoms with Gasteiger partial charge in [0.25, 0.3) is 0 Å². The van der Waals surface area contributed by atoms with Gasteiger partial charge < -0.3 is 15.4 Å². The molecular formula is C21H29N3O3. The molecule has 1 saturated heterocycles. The number of aryl methyl sites for hydroxylation is 2. The fourth-order valence-corrected chi connectivity index (χ4v) is 3.92. The number of nitrogens with zero attached hydrogens (tertiary/aromatic N) is 1. The van der Waals surface area contributed by atoms with Crippen LogP contribution in [0.15, 0.2) is 29.5 Å². The molecule has 2 amide bonds. The van der Waals surface area contributed by atoms with Gasteiger partial charge in [-0.25, -0.2) is 9.59 Å². The molecule has 2 aliphatic rings. The SMILES string of the molecule is COC(=O)C1=C(CN2CCC(C)CC2)NC(=O)N[C@@H]1c1ccc(C)cc1C. The van der Waals surface area contributed by atoms with Crippen molar-refractivity contribution in [2.75, 3.05) is 26.7 Å². The third-order valence-electron chi connectivity index (χ3n) is 5.55. The molecule has 1 aromatic rings. The van der Waals surface area contributed by atoms with Gasteiger partial charge >= 0.3 is 12.0 Å². The zero-order valence-electron chi connectivity index (χ0n) is 16.6. The highest BCUT2D eigenvalue weighted by Gasteiger charge is 2.35. The topological polar surface area (TPSA) is 70.7 Å². The Kier molecular flexibility index (Phi) is 5.85. The molecule has 6 nitrogen and oxygen atoms in total. The Morgan fingerprint density at radius 1 is 1.26 bits per heavy atom. The molecule has 2 heterocycles. The van der Waals surface area contributed by atoms with Crippen molar-refractivity contribution in [3.05, 3.63) is 46.2 Å². The number of ether oxygens (including phenoxy) is 1. The summed E-state index contributed by atoms with van der Waals surface area (Å²) in [6, 6.07) is 5.24. The van der Waals surface area contributed by atoms with Gasteiger partial charge in [-0.1, -0.05) is 30.7 Å². The zero-order valence-corrected chi connectivity index (χ0v) is 16.6. The van der Waals surface area contributed by atoms with Gasteiger partial charge in [0.2, 0.25) is 0 Å². The van der Waals surface area contributed by atoms with Gasteiger partial charge in [-0.15, -0.1) is 0 Å². The van der Waals surface area contributed by atoms with Crippen molar-refractivity contribution in [1.29, 1.82) is 0 Å². The molecule has 3 rings (SSSR count). The second-order valence-corrected chi connectivity index (χ2v) is 7.73. The molecule has 2 aliphatic heterocycles. The number of hydrogen-bond donors (Lipinski definition) is 2. The van der Waals surface area contributed by atoms with Crippen LogP contribution in [0.4, 0.5) is 4.79 Å². The molecule has 1 fully saturated rings. The van der Waals surface area contributed by atoms with E-state index in [4.69, 9.17) is 4.74 Å². The van der Waals surface area contributed by atoms with Crippen LogP contribution in [0.5, 0.6) is 0 Å². The number of likely N-dealkylation sites (tertiary alicyclic amines) is 1. The summed E-state index contributed by atoms with van der Waals surface area (Å²) in [5.74, 6) is 0.314. The molecule has 1 atom stereocenters. The quantitative estimate of drug-likeness (QED) is 0.799. The Hall–Kier alpha value is -2.34. The third kappa shape index (κ3) is 4.33. The number of esters is 1. The lowest BCUT2D eigenvalue weighted by Crippen LogP contribution is -2.49. The van der Waals surface area contributed by atoms with E-state index in [0.29, 0.717) is 17.8 Å². The average Bonchev–Trinajstić information content (AvgIpc) is 2.62. The minimum atomic E-state index is -0.509. The summed E-state index contributed by atoms with van der Waals surface area (Å²) < 4.78 is 5.07. The molecule has 0 saturated carbocycles. The summed E-state index contributed by atoms with van der Waals surface area (Å²) in [5, 5.41) is 5.76. The Morgan fingerprint density at radius 2 is 1.96 bits per heavy atom. The number of piperidine rings is 1. The second kappa shape index (κ2) is 8.13. The summed E-state index contributed by atoms with van der Waals surface area (Å²) in [4.78, 5) is 27.3. The van der Waals surface area contributed by atoms with Crippen molar-refractivity contribution in [3.63, 3.8) is 0 Å². The molecule has 146 valence electrons. The Bertz CT molecular complexity index is 764. The standard InChI is InChI=1S/C21H29N3O3/c1-13-7-9-24(10-8-13)12-17-18(20(25)27-4)19(23-21(26)22-17)16-6-5-14(2)11-15(16)3/h5-6,11,13,19H,7-10,12H2,1-4H3,(H2,22,23,26)/t19-/m1/s1. The summed E-state index contributed by atoms with van der Waals surface area (Å²) >= 11 is 0. The Morgan fingerprint density at radius 3 is 2.59 bits per heavy atom. The first kappa shape index (κ1) is 19.4. The highest BCUT2D eigenvalue weighted by Crippen LogP contribution is 2.31. The van der Waals surface area contributed by atoms with Crippen LogP contribution in [0, 0.1) is 19.8 Å². The lowest BCUT2D eigenvalue weighted by molar-refractivity contribution is -0.136. The summed E-state index contributed by atoms with van der Waals surface area (Å²) in [6.45, 7) is 8.77. The number of nitrogens with one attached hydrogen (secondary N) is 2. The normalized spacial score (nSPS) is 21.6. The van der Waals surface area contributed by atoms with Crippen LogP contribution in [0.3, 0.4) is 0 Å². The molecule has 27 heavy (non-hydrogen) atoms. The lowest BCUT2D eigenvalue weighted by atomic mass is 9.91. The van der Waals surface area contributed by atoms with E-state index in [1.807, 2.05) is 26.0 Å². The van der Waals surface area contributed by atoms with Crippen molar-refractivity contribution in [1.82, 2.24) is 15.5 Å². The molecule has 0 radical (unpaired) electrons. The molecule has 2 N–H and O–H groups in total. The zero-order chi connectivity index (χ0) is 19.6. The van der Waals surface area contributed by atoms with Gasteiger partial charge in [-0.05, 0) is 56.8 Å². The van der Waals surface area contributed by atoms with Gasteiger partial charge in [0.05, 0.1) is 18.7 Å². The number of hydrogen-bond acceptors (Lipinski definition) is 4. The summed E-state index contributed by atoms with van der Waals surface area (Å²) in [5.41, 5.74) is 4.23. The van der Waals surface area contributed by atoms with Crippen molar-refractivity contribution in [3.8, 4) is 0 Å². The van der Waals surface area contributed by atoms with E-state index in [9.17, 15) is 9.59 Å². The van der Waals surface area contributed by atoms with Crippen molar-refractivity contribution in [2.24, 2.45) is 5.92 Å². The van der Waals surface area contributed by atoms with Gasteiger partial charge in [-0.2, -0.15) is 0 Å². The molecule has 6 heteroatoms. The fraction of sp³-hybridized carbons (Fsp3) is 0.524. The maximum absolute atomic E-state index is 12.6. The summed E-state index contributed by atoms with van der Waals surface area (Å²) in [7, 11) is 1.38. The minimum absolute atomic E-state index is 0.284. The molecule has 1 aromatic carbocycles. The van der Waals surface area contributed by atoms with Crippen LogP contribution in [-0.2, 0) is 9.53 Å². The molecular weight excluding hydrogens is 342 g/mol.